The first-order valence-corrected chi connectivity index (χ1v) is 10.7. The van der Waals surface area contributed by atoms with Crippen molar-refractivity contribution < 1.29 is 23.1 Å². The van der Waals surface area contributed by atoms with E-state index in [0.717, 1.165) is 5.56 Å². The summed E-state index contributed by atoms with van der Waals surface area (Å²) in [6.45, 7) is 6.64. The Labute approximate surface area is 170 Å². The second kappa shape index (κ2) is 8.67. The number of carbonyl (C=O) groups is 1. The van der Waals surface area contributed by atoms with Gasteiger partial charge in [0.2, 0.25) is 10.0 Å². The van der Waals surface area contributed by atoms with Crippen LogP contribution in [0.25, 0.3) is 0 Å². The highest BCUT2D eigenvalue weighted by Gasteiger charge is 2.32. The summed E-state index contributed by atoms with van der Waals surface area (Å²) in [5, 5.41) is 9.98. The minimum absolute atomic E-state index is 0.104. The summed E-state index contributed by atoms with van der Waals surface area (Å²) in [6.07, 6.45) is 1.64. The van der Waals surface area contributed by atoms with Gasteiger partial charge in [0.05, 0.1) is 0 Å². The highest BCUT2D eigenvalue weighted by atomic mass is 32.2. The predicted octanol–water partition coefficient (Wildman–Crippen LogP) is 2.41. The summed E-state index contributed by atoms with van der Waals surface area (Å²) < 4.78 is 32.5. The third-order valence-electron chi connectivity index (χ3n) is 4.73. The number of amides is 1. The molecule has 1 heterocycles. The van der Waals surface area contributed by atoms with Crippen molar-refractivity contribution in [2.45, 2.75) is 11.8 Å². The lowest BCUT2D eigenvalue weighted by Gasteiger charge is -2.34. The van der Waals surface area contributed by atoms with Gasteiger partial charge in [0, 0.05) is 31.7 Å². The number of carbonyl (C=O) groups excluding carboxylic acids is 1. The van der Waals surface area contributed by atoms with E-state index in [-0.39, 0.29) is 42.7 Å². The Morgan fingerprint density at radius 2 is 1.79 bits per heavy atom. The largest absolute Gasteiger partial charge is 0.507 e. The molecule has 29 heavy (non-hydrogen) atoms. The van der Waals surface area contributed by atoms with Crippen LogP contribution in [0, 0.1) is 6.92 Å². The van der Waals surface area contributed by atoms with Gasteiger partial charge in [-0.2, -0.15) is 4.31 Å². The Morgan fingerprint density at radius 1 is 1.14 bits per heavy atom. The highest BCUT2D eigenvalue weighted by molar-refractivity contribution is 7.89. The Morgan fingerprint density at radius 3 is 2.41 bits per heavy atom. The lowest BCUT2D eigenvalue weighted by Crippen LogP contribution is -2.50. The number of aryl methyl sites for hydroxylation is 1. The number of rotatable bonds is 6. The number of phenolic OH excluding ortho intramolecular Hbond substituents is 1. The average Bonchev–Trinajstić information content (AvgIpc) is 2.74. The van der Waals surface area contributed by atoms with E-state index in [0.29, 0.717) is 17.9 Å². The quantitative estimate of drug-likeness (QED) is 0.731. The van der Waals surface area contributed by atoms with E-state index in [1.54, 1.807) is 48.2 Å². The molecule has 2 aromatic carbocycles. The number of hydrogen-bond donors (Lipinski definition) is 1. The molecule has 0 unspecified atom stereocenters. The topological polar surface area (TPSA) is 87.2 Å². The molecule has 1 N–H and O–H groups in total. The monoisotopic (exact) mass is 416 g/mol. The van der Waals surface area contributed by atoms with Crippen LogP contribution >= 0.6 is 0 Å². The van der Waals surface area contributed by atoms with Crippen molar-refractivity contribution in [3.05, 3.63) is 66.2 Å². The van der Waals surface area contributed by atoms with Gasteiger partial charge in [-0.1, -0.05) is 18.7 Å². The molecule has 1 aliphatic rings. The normalized spacial score (nSPS) is 15.1. The first kappa shape index (κ1) is 20.9. The summed E-state index contributed by atoms with van der Waals surface area (Å²) in [5.74, 6) is 0.221. The van der Waals surface area contributed by atoms with Crippen molar-refractivity contribution in [3.63, 3.8) is 0 Å². The average molecular weight is 416 g/mol. The number of phenols is 1. The fourth-order valence-corrected chi connectivity index (χ4v) is 4.72. The van der Waals surface area contributed by atoms with Crippen LogP contribution < -0.4 is 4.74 Å². The van der Waals surface area contributed by atoms with Gasteiger partial charge >= 0.3 is 0 Å². The van der Waals surface area contributed by atoms with Crippen molar-refractivity contribution in [1.82, 2.24) is 9.21 Å². The predicted molar refractivity (Wildman–Crippen MR) is 110 cm³/mol. The zero-order valence-corrected chi connectivity index (χ0v) is 17.1. The highest BCUT2D eigenvalue weighted by Crippen LogP contribution is 2.27. The van der Waals surface area contributed by atoms with Crippen molar-refractivity contribution >= 4 is 15.9 Å². The van der Waals surface area contributed by atoms with E-state index < -0.39 is 10.0 Å². The molecule has 154 valence electrons. The second-order valence-corrected chi connectivity index (χ2v) is 8.70. The molecule has 0 radical (unpaired) electrons. The number of piperazine rings is 1. The van der Waals surface area contributed by atoms with E-state index in [9.17, 15) is 18.3 Å². The number of benzene rings is 2. The number of hydrogen-bond acceptors (Lipinski definition) is 5. The number of ether oxygens (including phenoxy) is 1. The molecular weight excluding hydrogens is 392 g/mol. The smallest absolute Gasteiger partial charge is 0.253 e. The molecule has 7 nitrogen and oxygen atoms in total. The van der Waals surface area contributed by atoms with Gasteiger partial charge in [-0.25, -0.2) is 8.42 Å². The SMILES string of the molecule is C=CCOc1ccc(C(=O)N2CCN(S(=O)(=O)c3cc(C)ccc3O)CC2)cc1. The van der Waals surface area contributed by atoms with Gasteiger partial charge in [0.1, 0.15) is 23.0 Å². The third-order valence-corrected chi connectivity index (χ3v) is 6.66. The molecule has 2 aromatic rings. The Hall–Kier alpha value is -2.84. The Balaban J connectivity index is 1.66. The van der Waals surface area contributed by atoms with Gasteiger partial charge in [-0.05, 0) is 48.9 Å². The molecular formula is C21H24N2O5S. The van der Waals surface area contributed by atoms with Gasteiger partial charge in [-0.3, -0.25) is 4.79 Å². The Bertz CT molecular complexity index is 994. The zero-order valence-electron chi connectivity index (χ0n) is 16.2. The molecule has 0 aromatic heterocycles. The van der Waals surface area contributed by atoms with E-state index in [4.69, 9.17) is 4.74 Å². The van der Waals surface area contributed by atoms with Gasteiger partial charge in [0.15, 0.2) is 0 Å². The summed E-state index contributed by atoms with van der Waals surface area (Å²) >= 11 is 0. The molecule has 1 fully saturated rings. The standard InChI is InChI=1S/C21H24N2O5S/c1-3-14-28-18-7-5-17(6-8-18)21(25)22-10-12-23(13-11-22)29(26,27)20-15-16(2)4-9-19(20)24/h3-9,15,24H,1,10-14H2,2H3. The van der Waals surface area contributed by atoms with E-state index >= 15 is 0 Å². The minimum atomic E-state index is -3.82. The van der Waals surface area contributed by atoms with Gasteiger partial charge in [-0.15, -0.1) is 0 Å². The summed E-state index contributed by atoms with van der Waals surface area (Å²) in [4.78, 5) is 14.2. The fraction of sp³-hybridized carbons (Fsp3) is 0.286. The van der Waals surface area contributed by atoms with Crippen LogP contribution in [0.2, 0.25) is 0 Å². The van der Waals surface area contributed by atoms with Crippen molar-refractivity contribution in [1.29, 1.82) is 0 Å². The van der Waals surface area contributed by atoms with Crippen LogP contribution in [-0.2, 0) is 10.0 Å². The molecule has 0 spiro atoms. The van der Waals surface area contributed by atoms with Crippen LogP contribution in [0.4, 0.5) is 0 Å². The first-order chi connectivity index (χ1) is 13.8. The number of sulfonamides is 1. The fourth-order valence-electron chi connectivity index (χ4n) is 3.13. The molecule has 0 saturated carbocycles. The van der Waals surface area contributed by atoms with Crippen LogP contribution in [-0.4, -0.2) is 61.4 Å². The third kappa shape index (κ3) is 4.60. The van der Waals surface area contributed by atoms with Crippen molar-refractivity contribution in [2.24, 2.45) is 0 Å². The first-order valence-electron chi connectivity index (χ1n) is 9.25. The minimum Gasteiger partial charge on any atom is -0.507 e. The van der Waals surface area contributed by atoms with E-state index in [1.807, 2.05) is 0 Å². The van der Waals surface area contributed by atoms with Crippen molar-refractivity contribution in [3.8, 4) is 11.5 Å². The summed E-state index contributed by atoms with van der Waals surface area (Å²) in [5.41, 5.74) is 1.26. The molecule has 1 saturated heterocycles. The number of aromatic hydroxyl groups is 1. The lowest BCUT2D eigenvalue weighted by molar-refractivity contribution is 0.0697. The molecule has 0 bridgehead atoms. The van der Waals surface area contributed by atoms with Crippen molar-refractivity contribution in [2.75, 3.05) is 32.8 Å². The maximum Gasteiger partial charge on any atom is 0.253 e. The summed E-state index contributed by atoms with van der Waals surface area (Å²) in [6, 6.07) is 11.3. The Kier molecular flexibility index (Phi) is 6.24. The maximum absolute atomic E-state index is 12.9. The van der Waals surface area contributed by atoms with Gasteiger partial charge in [0.25, 0.3) is 5.91 Å². The second-order valence-electron chi connectivity index (χ2n) is 6.79. The van der Waals surface area contributed by atoms with Crippen LogP contribution in [0.3, 0.4) is 0 Å². The molecule has 0 atom stereocenters. The van der Waals surface area contributed by atoms with Crippen LogP contribution in [0.1, 0.15) is 15.9 Å². The number of nitrogens with zero attached hydrogens (tertiary/aromatic N) is 2. The molecule has 8 heteroatoms. The lowest BCUT2D eigenvalue weighted by atomic mass is 10.2. The molecule has 3 rings (SSSR count). The van der Waals surface area contributed by atoms with E-state index in [1.165, 1.54) is 16.4 Å². The molecule has 1 amide bonds. The van der Waals surface area contributed by atoms with E-state index in [2.05, 4.69) is 6.58 Å². The van der Waals surface area contributed by atoms with Crippen LogP contribution in [0.5, 0.6) is 11.5 Å². The maximum atomic E-state index is 12.9. The molecule has 0 aliphatic carbocycles. The van der Waals surface area contributed by atoms with Crippen LogP contribution in [0.15, 0.2) is 60.0 Å². The van der Waals surface area contributed by atoms with Gasteiger partial charge < -0.3 is 14.7 Å². The summed E-state index contributed by atoms with van der Waals surface area (Å²) in [7, 11) is -3.82. The zero-order chi connectivity index (χ0) is 21.0. The molecule has 1 aliphatic heterocycles.